The highest BCUT2D eigenvalue weighted by molar-refractivity contribution is 5.79. The molecule has 3 nitrogen and oxygen atoms in total. The smallest absolute Gasteiger partial charge is 0.406 e. The zero-order chi connectivity index (χ0) is 14.6. The van der Waals surface area contributed by atoms with Gasteiger partial charge < -0.3 is 9.32 Å². The van der Waals surface area contributed by atoms with Crippen LogP contribution in [0.4, 0.5) is 13.2 Å². The number of carbonyl (C=O) groups is 1. The predicted octanol–water partition coefficient (Wildman–Crippen LogP) is 3.53. The van der Waals surface area contributed by atoms with E-state index in [-0.39, 0.29) is 12.5 Å². The molecule has 0 saturated heterocycles. The minimum atomic E-state index is -4.41. The molecule has 1 heterocycles. The van der Waals surface area contributed by atoms with E-state index >= 15 is 0 Å². The molecular formula is C14H16F3NO2. The molecule has 1 atom stereocenters. The number of amides is 1. The van der Waals surface area contributed by atoms with E-state index in [9.17, 15) is 18.0 Å². The van der Waals surface area contributed by atoms with Crippen LogP contribution in [0.15, 0.2) is 35.0 Å². The molecule has 0 spiro atoms. The molecule has 6 heteroatoms. The second-order valence-electron chi connectivity index (χ2n) is 4.87. The zero-order valence-corrected chi connectivity index (χ0v) is 10.9. The molecule has 0 fully saturated rings. The first-order valence-electron chi connectivity index (χ1n) is 6.48. The minimum Gasteiger partial charge on any atom is -0.467 e. The summed E-state index contributed by atoms with van der Waals surface area (Å²) in [5, 5.41) is 0. The van der Waals surface area contributed by atoms with Gasteiger partial charge in [-0.25, -0.2) is 0 Å². The number of allylic oxidation sites excluding steroid dienone is 2. The first kappa shape index (κ1) is 14.7. The van der Waals surface area contributed by atoms with Gasteiger partial charge in [-0.2, -0.15) is 13.2 Å². The molecule has 2 rings (SSSR count). The molecule has 0 radical (unpaired) electrons. The van der Waals surface area contributed by atoms with Crippen molar-refractivity contribution in [1.29, 1.82) is 0 Å². The van der Waals surface area contributed by atoms with Gasteiger partial charge in [0.2, 0.25) is 5.91 Å². The van der Waals surface area contributed by atoms with Gasteiger partial charge in [-0.05, 0) is 31.4 Å². The number of alkyl halides is 3. The second kappa shape index (κ2) is 6.15. The molecule has 1 aromatic rings. The van der Waals surface area contributed by atoms with Crippen molar-refractivity contribution in [1.82, 2.24) is 4.90 Å². The largest absolute Gasteiger partial charge is 0.467 e. The number of hydrogen-bond acceptors (Lipinski definition) is 2. The highest BCUT2D eigenvalue weighted by atomic mass is 19.4. The van der Waals surface area contributed by atoms with E-state index in [1.165, 1.54) is 6.26 Å². The van der Waals surface area contributed by atoms with Crippen molar-refractivity contribution >= 4 is 5.91 Å². The Morgan fingerprint density at radius 2 is 2.20 bits per heavy atom. The Balaban J connectivity index is 2.08. The highest BCUT2D eigenvalue weighted by Crippen LogP contribution is 2.25. The van der Waals surface area contributed by atoms with Gasteiger partial charge in [0, 0.05) is 5.92 Å². The number of nitrogens with zero attached hydrogens (tertiary/aromatic N) is 1. The van der Waals surface area contributed by atoms with Gasteiger partial charge in [-0.15, -0.1) is 0 Å². The van der Waals surface area contributed by atoms with E-state index in [1.54, 1.807) is 12.1 Å². The number of carbonyl (C=O) groups excluding carboxylic acids is 1. The molecule has 0 saturated carbocycles. The van der Waals surface area contributed by atoms with Crippen molar-refractivity contribution in [2.24, 2.45) is 5.92 Å². The predicted molar refractivity (Wildman–Crippen MR) is 66.7 cm³/mol. The molecule has 1 aliphatic rings. The summed E-state index contributed by atoms with van der Waals surface area (Å²) < 4.78 is 42.9. The maximum absolute atomic E-state index is 12.6. The summed E-state index contributed by atoms with van der Waals surface area (Å²) in [5.74, 6) is -0.464. The van der Waals surface area contributed by atoms with Crippen molar-refractivity contribution in [2.75, 3.05) is 6.54 Å². The molecule has 0 N–H and O–H groups in total. The lowest BCUT2D eigenvalue weighted by Crippen LogP contribution is -2.41. The van der Waals surface area contributed by atoms with Gasteiger partial charge >= 0.3 is 6.18 Å². The summed E-state index contributed by atoms with van der Waals surface area (Å²) in [4.78, 5) is 13.1. The maximum atomic E-state index is 12.6. The summed E-state index contributed by atoms with van der Waals surface area (Å²) in [5.41, 5.74) is 0. The molecule has 1 unspecified atom stereocenters. The Morgan fingerprint density at radius 1 is 1.40 bits per heavy atom. The molecule has 0 bridgehead atoms. The molecule has 0 aromatic carbocycles. The van der Waals surface area contributed by atoms with Crippen LogP contribution in [0.2, 0.25) is 0 Å². The third-order valence-electron chi connectivity index (χ3n) is 3.23. The minimum absolute atomic E-state index is 0.147. The van der Waals surface area contributed by atoms with Crippen molar-refractivity contribution < 1.29 is 22.4 Å². The van der Waals surface area contributed by atoms with E-state index in [1.807, 2.05) is 12.2 Å². The standard InChI is InChI=1S/C14H16F3NO2/c15-14(16,17)10-18(9-12-7-4-8-20-12)13(19)11-5-2-1-3-6-11/h1-2,4,7-8,11H,3,5-6,9-10H2. The monoisotopic (exact) mass is 287 g/mol. The Morgan fingerprint density at radius 3 is 2.75 bits per heavy atom. The van der Waals surface area contributed by atoms with Crippen LogP contribution in [0.5, 0.6) is 0 Å². The van der Waals surface area contributed by atoms with E-state index in [0.717, 1.165) is 11.3 Å². The number of furan rings is 1. The van der Waals surface area contributed by atoms with E-state index in [2.05, 4.69) is 0 Å². The van der Waals surface area contributed by atoms with Crippen molar-refractivity contribution in [2.45, 2.75) is 32.0 Å². The van der Waals surface area contributed by atoms with Crippen LogP contribution in [0.3, 0.4) is 0 Å². The highest BCUT2D eigenvalue weighted by Gasteiger charge is 2.35. The lowest BCUT2D eigenvalue weighted by atomic mass is 9.93. The maximum Gasteiger partial charge on any atom is 0.406 e. The molecule has 1 aromatic heterocycles. The zero-order valence-electron chi connectivity index (χ0n) is 10.9. The van der Waals surface area contributed by atoms with Crippen LogP contribution < -0.4 is 0 Å². The first-order chi connectivity index (χ1) is 9.46. The molecule has 1 aliphatic carbocycles. The van der Waals surface area contributed by atoms with Gasteiger partial charge in [0.25, 0.3) is 0 Å². The number of rotatable bonds is 4. The van der Waals surface area contributed by atoms with Gasteiger partial charge in [0.15, 0.2) is 0 Å². The summed E-state index contributed by atoms with van der Waals surface area (Å²) in [6, 6.07) is 3.16. The SMILES string of the molecule is O=C(C1CC=CCC1)N(Cc1ccco1)CC(F)(F)F. The van der Waals surface area contributed by atoms with Gasteiger partial charge in [0.1, 0.15) is 12.3 Å². The topological polar surface area (TPSA) is 33.5 Å². The number of halogens is 3. The molecule has 1 amide bonds. The van der Waals surface area contributed by atoms with Crippen LogP contribution in [0.25, 0.3) is 0 Å². The lowest BCUT2D eigenvalue weighted by molar-refractivity contribution is -0.165. The van der Waals surface area contributed by atoms with Crippen LogP contribution in [-0.4, -0.2) is 23.5 Å². The van der Waals surface area contributed by atoms with Crippen molar-refractivity contribution in [3.05, 3.63) is 36.3 Å². The Kier molecular flexibility index (Phi) is 4.52. The molecule has 20 heavy (non-hydrogen) atoms. The van der Waals surface area contributed by atoms with E-state index < -0.39 is 18.6 Å². The molecule has 110 valence electrons. The second-order valence-corrected chi connectivity index (χ2v) is 4.87. The Labute approximate surface area is 115 Å². The average molecular weight is 287 g/mol. The van der Waals surface area contributed by atoms with Crippen molar-refractivity contribution in [3.8, 4) is 0 Å². The quantitative estimate of drug-likeness (QED) is 0.794. The Hall–Kier alpha value is -1.72. The van der Waals surface area contributed by atoms with Crippen molar-refractivity contribution in [3.63, 3.8) is 0 Å². The van der Waals surface area contributed by atoms with Crippen LogP contribution in [0, 0.1) is 5.92 Å². The third-order valence-corrected chi connectivity index (χ3v) is 3.23. The van der Waals surface area contributed by atoms with Gasteiger partial charge in [-0.1, -0.05) is 12.2 Å². The first-order valence-corrected chi connectivity index (χ1v) is 6.48. The van der Waals surface area contributed by atoms with Crippen LogP contribution in [0.1, 0.15) is 25.0 Å². The fraction of sp³-hybridized carbons (Fsp3) is 0.500. The average Bonchev–Trinajstić information content (AvgIpc) is 2.89. The fourth-order valence-electron chi connectivity index (χ4n) is 2.29. The van der Waals surface area contributed by atoms with Gasteiger partial charge in [-0.3, -0.25) is 4.79 Å². The summed E-state index contributed by atoms with van der Waals surface area (Å²) in [6.07, 6.45) is 2.61. The summed E-state index contributed by atoms with van der Waals surface area (Å²) in [6.45, 7) is -1.39. The van der Waals surface area contributed by atoms with Crippen LogP contribution in [-0.2, 0) is 11.3 Å². The third kappa shape index (κ3) is 4.15. The lowest BCUT2D eigenvalue weighted by Gasteiger charge is -2.28. The van der Waals surface area contributed by atoms with Gasteiger partial charge in [0.05, 0.1) is 12.8 Å². The molecule has 0 aliphatic heterocycles. The van der Waals surface area contributed by atoms with E-state index in [0.29, 0.717) is 18.6 Å². The molecular weight excluding hydrogens is 271 g/mol. The number of hydrogen-bond donors (Lipinski definition) is 0. The Bertz CT molecular complexity index is 465. The van der Waals surface area contributed by atoms with Crippen LogP contribution >= 0.6 is 0 Å². The normalized spacial score (nSPS) is 19.1. The summed E-state index contributed by atoms with van der Waals surface area (Å²) in [7, 11) is 0. The van der Waals surface area contributed by atoms with E-state index in [4.69, 9.17) is 4.42 Å². The summed E-state index contributed by atoms with van der Waals surface area (Å²) >= 11 is 0. The fourth-order valence-corrected chi connectivity index (χ4v) is 2.29.